The van der Waals surface area contributed by atoms with Gasteiger partial charge in [-0.15, -0.1) is 16.8 Å². The minimum absolute atomic E-state index is 0.0403. The number of hydrogen-bond acceptors (Lipinski definition) is 6. The molecule has 2 N–H and O–H groups in total. The Morgan fingerprint density at radius 3 is 2.56 bits per heavy atom. The second-order valence-electron chi connectivity index (χ2n) is 7.58. The van der Waals surface area contributed by atoms with Gasteiger partial charge in [0.25, 0.3) is 5.91 Å². The number of thioether (sulfide) groups is 1. The normalized spacial score (nSPS) is 12.0. The Bertz CT molecular complexity index is 1230. The van der Waals surface area contributed by atoms with E-state index in [1.54, 1.807) is 41.8 Å². The SMILES string of the molecule is C=CCn1c(SCC(=O)Nc2cccc(C(F)(F)F)c2)nnc1[C@H](C)NC(=O)c1ccc(OC)cc1. The average molecular weight is 520 g/mol. The molecule has 0 aliphatic rings. The molecule has 3 aromatic rings. The van der Waals surface area contributed by atoms with Gasteiger partial charge in [0.1, 0.15) is 5.75 Å². The lowest BCUT2D eigenvalue weighted by Crippen LogP contribution is -2.28. The summed E-state index contributed by atoms with van der Waals surface area (Å²) in [6, 6.07) is 10.5. The minimum Gasteiger partial charge on any atom is -0.497 e. The van der Waals surface area contributed by atoms with Crippen LogP contribution in [0.1, 0.15) is 34.7 Å². The van der Waals surface area contributed by atoms with E-state index in [0.717, 1.165) is 23.9 Å². The van der Waals surface area contributed by atoms with Crippen LogP contribution in [0, 0.1) is 0 Å². The number of nitrogens with one attached hydrogen (secondary N) is 2. The molecule has 0 fully saturated rings. The fraction of sp³-hybridized carbons (Fsp3) is 0.250. The van der Waals surface area contributed by atoms with Gasteiger partial charge in [-0.25, -0.2) is 0 Å². The predicted octanol–water partition coefficient (Wildman–Crippen LogP) is 4.71. The van der Waals surface area contributed by atoms with Crippen LogP contribution in [0.5, 0.6) is 5.75 Å². The maximum absolute atomic E-state index is 12.9. The van der Waals surface area contributed by atoms with E-state index >= 15 is 0 Å². The fourth-order valence-corrected chi connectivity index (χ4v) is 3.97. The number of anilines is 1. The summed E-state index contributed by atoms with van der Waals surface area (Å²) in [5.41, 5.74) is -0.370. The van der Waals surface area contributed by atoms with Gasteiger partial charge in [0.15, 0.2) is 11.0 Å². The van der Waals surface area contributed by atoms with Crippen molar-refractivity contribution in [2.45, 2.75) is 30.8 Å². The van der Waals surface area contributed by atoms with Crippen LogP contribution in [0.2, 0.25) is 0 Å². The van der Waals surface area contributed by atoms with Crippen LogP contribution in [0.15, 0.2) is 66.3 Å². The van der Waals surface area contributed by atoms with Crippen molar-refractivity contribution >= 4 is 29.3 Å². The molecule has 0 radical (unpaired) electrons. The quantitative estimate of drug-likeness (QED) is 0.297. The number of amides is 2. The van der Waals surface area contributed by atoms with Crippen molar-refractivity contribution in [1.29, 1.82) is 0 Å². The van der Waals surface area contributed by atoms with Crippen LogP contribution in [-0.2, 0) is 17.5 Å². The Hall–Kier alpha value is -3.80. The zero-order valence-corrected chi connectivity index (χ0v) is 20.3. The molecule has 1 atom stereocenters. The molecule has 1 heterocycles. The lowest BCUT2D eigenvalue weighted by Gasteiger charge is -2.15. The summed E-state index contributed by atoms with van der Waals surface area (Å²) in [5.74, 6) is 0.155. The fourth-order valence-electron chi connectivity index (χ4n) is 3.22. The van der Waals surface area contributed by atoms with Crippen molar-refractivity contribution < 1.29 is 27.5 Å². The third kappa shape index (κ3) is 6.87. The monoisotopic (exact) mass is 519 g/mol. The Morgan fingerprint density at radius 1 is 1.19 bits per heavy atom. The van der Waals surface area contributed by atoms with Gasteiger partial charge in [-0.2, -0.15) is 13.2 Å². The number of carbonyl (C=O) groups excluding carboxylic acids is 2. The molecule has 0 saturated heterocycles. The third-order valence-corrected chi connectivity index (χ3v) is 5.92. The molecule has 2 amide bonds. The number of carbonyl (C=O) groups is 2. The van der Waals surface area contributed by atoms with Crippen molar-refractivity contribution in [1.82, 2.24) is 20.1 Å². The number of methoxy groups -OCH3 is 1. The molecule has 2 aromatic carbocycles. The Labute approximate surface area is 209 Å². The van der Waals surface area contributed by atoms with Crippen molar-refractivity contribution in [2.75, 3.05) is 18.2 Å². The molecular weight excluding hydrogens is 495 g/mol. The smallest absolute Gasteiger partial charge is 0.416 e. The van der Waals surface area contributed by atoms with Gasteiger partial charge in [0.05, 0.1) is 24.5 Å². The van der Waals surface area contributed by atoms with Crippen LogP contribution < -0.4 is 15.4 Å². The Morgan fingerprint density at radius 2 is 1.92 bits per heavy atom. The molecule has 0 unspecified atom stereocenters. The van der Waals surface area contributed by atoms with Gasteiger partial charge in [0, 0.05) is 17.8 Å². The maximum atomic E-state index is 12.9. The van der Waals surface area contributed by atoms with Crippen LogP contribution >= 0.6 is 11.8 Å². The number of allylic oxidation sites excluding steroid dienone is 1. The third-order valence-electron chi connectivity index (χ3n) is 4.95. The zero-order valence-electron chi connectivity index (χ0n) is 19.5. The molecule has 3 rings (SSSR count). The predicted molar refractivity (Wildman–Crippen MR) is 130 cm³/mol. The lowest BCUT2D eigenvalue weighted by molar-refractivity contribution is -0.137. The number of ether oxygens (including phenoxy) is 1. The average Bonchev–Trinajstić information content (AvgIpc) is 3.25. The molecule has 0 spiro atoms. The molecule has 0 saturated carbocycles. The lowest BCUT2D eigenvalue weighted by atomic mass is 10.2. The maximum Gasteiger partial charge on any atom is 0.416 e. The number of nitrogens with zero attached hydrogens (tertiary/aromatic N) is 3. The Kier molecular flexibility index (Phi) is 8.75. The second kappa shape index (κ2) is 11.8. The van der Waals surface area contributed by atoms with Crippen molar-refractivity contribution in [3.05, 3.63) is 78.1 Å². The number of benzene rings is 2. The minimum atomic E-state index is -4.51. The highest BCUT2D eigenvalue weighted by molar-refractivity contribution is 7.99. The summed E-state index contributed by atoms with van der Waals surface area (Å²) in [7, 11) is 1.54. The van der Waals surface area contributed by atoms with Crippen molar-refractivity contribution in [2.24, 2.45) is 0 Å². The molecule has 1 aromatic heterocycles. The number of rotatable bonds is 10. The molecule has 12 heteroatoms. The van der Waals surface area contributed by atoms with Gasteiger partial charge < -0.3 is 19.9 Å². The number of halogens is 3. The number of hydrogen-bond donors (Lipinski definition) is 2. The molecule has 0 bridgehead atoms. The van der Waals surface area contributed by atoms with E-state index < -0.39 is 23.7 Å². The summed E-state index contributed by atoms with van der Waals surface area (Å²) in [4.78, 5) is 25.0. The highest BCUT2D eigenvalue weighted by Gasteiger charge is 2.30. The van der Waals surface area contributed by atoms with Crippen molar-refractivity contribution in [3.63, 3.8) is 0 Å². The summed E-state index contributed by atoms with van der Waals surface area (Å²) in [6.45, 7) is 5.80. The topological polar surface area (TPSA) is 98.1 Å². The highest BCUT2D eigenvalue weighted by Crippen LogP contribution is 2.30. The van der Waals surface area contributed by atoms with Gasteiger partial charge >= 0.3 is 6.18 Å². The van der Waals surface area contributed by atoms with Crippen LogP contribution in [-0.4, -0.2) is 39.4 Å². The molecule has 8 nitrogen and oxygen atoms in total. The van der Waals surface area contributed by atoms with Crippen LogP contribution in [0.25, 0.3) is 0 Å². The van der Waals surface area contributed by atoms with E-state index in [1.807, 2.05) is 0 Å². The van der Waals surface area contributed by atoms with E-state index in [-0.39, 0.29) is 17.3 Å². The largest absolute Gasteiger partial charge is 0.497 e. The first-order chi connectivity index (χ1) is 17.1. The first-order valence-corrected chi connectivity index (χ1v) is 11.7. The van der Waals surface area contributed by atoms with Crippen molar-refractivity contribution in [3.8, 4) is 5.75 Å². The van der Waals surface area contributed by atoms with E-state index in [2.05, 4.69) is 27.4 Å². The number of aromatic nitrogens is 3. The van der Waals surface area contributed by atoms with E-state index in [1.165, 1.54) is 19.2 Å². The second-order valence-corrected chi connectivity index (χ2v) is 8.52. The standard InChI is InChI=1S/C24H24F3N5O3S/c1-4-12-32-21(15(2)28-22(34)16-8-10-19(35-3)11-9-16)30-31-23(32)36-14-20(33)29-18-7-5-6-17(13-18)24(25,26)27/h4-11,13,15H,1,12,14H2,2-3H3,(H,28,34)(H,29,33)/t15-/m0/s1. The van der Waals surface area contributed by atoms with Gasteiger partial charge in [-0.05, 0) is 49.4 Å². The first-order valence-electron chi connectivity index (χ1n) is 10.7. The summed E-state index contributed by atoms with van der Waals surface area (Å²) >= 11 is 1.06. The molecule has 36 heavy (non-hydrogen) atoms. The van der Waals surface area contributed by atoms with Crippen LogP contribution in [0.3, 0.4) is 0 Å². The zero-order chi connectivity index (χ0) is 26.3. The Balaban J connectivity index is 1.65. The highest BCUT2D eigenvalue weighted by atomic mass is 32.2. The molecule has 190 valence electrons. The van der Waals surface area contributed by atoms with E-state index in [4.69, 9.17) is 4.74 Å². The summed E-state index contributed by atoms with van der Waals surface area (Å²) in [6.07, 6.45) is -2.88. The van der Waals surface area contributed by atoms with Crippen LogP contribution in [0.4, 0.5) is 18.9 Å². The number of alkyl halides is 3. The first kappa shape index (κ1) is 26.8. The van der Waals surface area contributed by atoms with Gasteiger partial charge in [-0.3, -0.25) is 9.59 Å². The summed E-state index contributed by atoms with van der Waals surface area (Å²) < 4.78 is 45.5. The molecule has 0 aliphatic carbocycles. The van der Waals surface area contributed by atoms with Gasteiger partial charge in [0.2, 0.25) is 5.91 Å². The molecular formula is C24H24F3N5O3S. The summed E-state index contributed by atoms with van der Waals surface area (Å²) in [5, 5.41) is 14.0. The van der Waals surface area contributed by atoms with E-state index in [0.29, 0.717) is 28.8 Å². The molecule has 0 aliphatic heterocycles. The van der Waals surface area contributed by atoms with E-state index in [9.17, 15) is 22.8 Å². The van der Waals surface area contributed by atoms with Gasteiger partial charge in [-0.1, -0.05) is 23.9 Å².